The second kappa shape index (κ2) is 8.56. The van der Waals surface area contributed by atoms with Crippen LogP contribution in [-0.2, 0) is 13.0 Å². The number of nitrogens with one attached hydrogen (secondary N) is 1. The molecular formula is C20H26N2O3S. The van der Waals surface area contributed by atoms with Crippen LogP contribution in [0, 0.1) is 0 Å². The lowest BCUT2D eigenvalue weighted by atomic mass is 10.1. The Morgan fingerprint density at radius 3 is 2.96 bits per heavy atom. The summed E-state index contributed by atoms with van der Waals surface area (Å²) in [5.74, 6) is 1.12. The molecule has 1 aromatic heterocycles. The van der Waals surface area contributed by atoms with Crippen LogP contribution in [0.25, 0.3) is 0 Å². The summed E-state index contributed by atoms with van der Waals surface area (Å²) < 4.78 is 11.0. The van der Waals surface area contributed by atoms with Gasteiger partial charge < -0.3 is 14.8 Å². The van der Waals surface area contributed by atoms with Crippen molar-refractivity contribution in [1.82, 2.24) is 10.2 Å². The second-order valence-electron chi connectivity index (χ2n) is 6.68. The molecule has 2 heterocycles. The van der Waals surface area contributed by atoms with Gasteiger partial charge in [0.25, 0.3) is 5.91 Å². The molecule has 1 amide bonds. The van der Waals surface area contributed by atoms with Crippen LogP contribution in [0.5, 0.6) is 11.5 Å². The summed E-state index contributed by atoms with van der Waals surface area (Å²) in [4.78, 5) is 16.5. The van der Waals surface area contributed by atoms with E-state index in [-0.39, 0.29) is 12.0 Å². The number of benzene rings is 1. The minimum atomic E-state index is -0.114. The molecule has 26 heavy (non-hydrogen) atoms. The Bertz CT molecular complexity index is 757. The van der Waals surface area contributed by atoms with Gasteiger partial charge in [0.15, 0.2) is 0 Å². The molecule has 140 valence electrons. The normalized spacial score (nSPS) is 14.2. The SMILES string of the molecule is COc1ccc(C(=O)NCCN2CCc3sccc3C2)c(OC(C)C)c1. The number of nitrogens with zero attached hydrogens (tertiary/aromatic N) is 1. The van der Waals surface area contributed by atoms with Gasteiger partial charge in [0.05, 0.1) is 18.8 Å². The van der Waals surface area contributed by atoms with Crippen LogP contribution in [0.3, 0.4) is 0 Å². The van der Waals surface area contributed by atoms with Crippen LogP contribution in [0.1, 0.15) is 34.6 Å². The van der Waals surface area contributed by atoms with E-state index in [9.17, 15) is 4.79 Å². The third-order valence-corrected chi connectivity index (χ3v) is 5.42. The number of carbonyl (C=O) groups excluding carboxylic acids is 1. The van der Waals surface area contributed by atoms with Crippen molar-refractivity contribution in [3.63, 3.8) is 0 Å². The third kappa shape index (κ3) is 4.56. The summed E-state index contributed by atoms with van der Waals surface area (Å²) in [6, 6.07) is 7.50. The summed E-state index contributed by atoms with van der Waals surface area (Å²) >= 11 is 1.84. The number of rotatable bonds is 7. The molecule has 0 atom stereocenters. The van der Waals surface area contributed by atoms with Gasteiger partial charge in [-0.25, -0.2) is 0 Å². The lowest BCUT2D eigenvalue weighted by molar-refractivity contribution is 0.0941. The zero-order valence-electron chi connectivity index (χ0n) is 15.6. The number of fused-ring (bicyclic) bond motifs is 1. The number of ether oxygens (including phenoxy) is 2. The molecule has 0 radical (unpaired) electrons. The fourth-order valence-electron chi connectivity index (χ4n) is 3.09. The van der Waals surface area contributed by atoms with Gasteiger partial charge in [-0.05, 0) is 49.4 Å². The molecule has 5 nitrogen and oxygen atoms in total. The summed E-state index contributed by atoms with van der Waals surface area (Å²) in [7, 11) is 1.60. The number of hydrogen-bond acceptors (Lipinski definition) is 5. The predicted octanol–water partition coefficient (Wildman–Crippen LogP) is 3.33. The average Bonchev–Trinajstić information content (AvgIpc) is 3.08. The highest BCUT2D eigenvalue weighted by molar-refractivity contribution is 7.10. The summed E-state index contributed by atoms with van der Waals surface area (Å²) in [5, 5.41) is 5.18. The van der Waals surface area contributed by atoms with Gasteiger partial charge in [-0.15, -0.1) is 11.3 Å². The van der Waals surface area contributed by atoms with Gasteiger partial charge in [0, 0.05) is 37.1 Å². The maximum atomic E-state index is 12.6. The van der Waals surface area contributed by atoms with Crippen molar-refractivity contribution in [2.45, 2.75) is 32.9 Å². The van der Waals surface area contributed by atoms with Crippen LogP contribution < -0.4 is 14.8 Å². The van der Waals surface area contributed by atoms with E-state index in [1.54, 1.807) is 25.3 Å². The molecule has 0 bridgehead atoms. The Morgan fingerprint density at radius 1 is 1.35 bits per heavy atom. The predicted molar refractivity (Wildman–Crippen MR) is 104 cm³/mol. The highest BCUT2D eigenvalue weighted by Crippen LogP contribution is 2.26. The maximum absolute atomic E-state index is 12.6. The van der Waals surface area contributed by atoms with Crippen molar-refractivity contribution in [3.8, 4) is 11.5 Å². The number of amides is 1. The largest absolute Gasteiger partial charge is 0.497 e. The maximum Gasteiger partial charge on any atom is 0.255 e. The highest BCUT2D eigenvalue weighted by atomic mass is 32.1. The van der Waals surface area contributed by atoms with E-state index >= 15 is 0 Å². The number of hydrogen-bond donors (Lipinski definition) is 1. The van der Waals surface area contributed by atoms with Crippen LogP contribution in [-0.4, -0.2) is 43.7 Å². The van der Waals surface area contributed by atoms with E-state index in [1.165, 1.54) is 10.4 Å². The number of carbonyl (C=O) groups is 1. The van der Waals surface area contributed by atoms with Gasteiger partial charge in [-0.2, -0.15) is 0 Å². The molecule has 2 aromatic rings. The lowest BCUT2D eigenvalue weighted by Crippen LogP contribution is -2.37. The third-order valence-electron chi connectivity index (χ3n) is 4.40. The molecule has 1 aliphatic heterocycles. The molecule has 1 aliphatic rings. The molecule has 1 N–H and O–H groups in total. The molecule has 0 fully saturated rings. The summed E-state index contributed by atoms with van der Waals surface area (Å²) in [6.07, 6.45) is 1.09. The van der Waals surface area contributed by atoms with Crippen LogP contribution in [0.2, 0.25) is 0 Å². The first-order chi connectivity index (χ1) is 12.6. The molecular weight excluding hydrogens is 348 g/mol. The van der Waals surface area contributed by atoms with Crippen molar-refractivity contribution in [1.29, 1.82) is 0 Å². The molecule has 3 rings (SSSR count). The zero-order chi connectivity index (χ0) is 18.5. The Labute approximate surface area is 158 Å². The summed E-state index contributed by atoms with van der Waals surface area (Å²) in [5.41, 5.74) is 1.97. The van der Waals surface area contributed by atoms with Gasteiger partial charge >= 0.3 is 0 Å². The minimum absolute atomic E-state index is 0.0122. The Balaban J connectivity index is 1.56. The van der Waals surface area contributed by atoms with E-state index in [4.69, 9.17) is 9.47 Å². The van der Waals surface area contributed by atoms with Crippen LogP contribution in [0.4, 0.5) is 0 Å². The quantitative estimate of drug-likeness (QED) is 0.808. The monoisotopic (exact) mass is 374 g/mol. The van der Waals surface area contributed by atoms with Crippen LogP contribution in [0.15, 0.2) is 29.6 Å². The fraction of sp³-hybridized carbons (Fsp3) is 0.450. The molecule has 0 saturated carbocycles. The van der Waals surface area contributed by atoms with Gasteiger partial charge in [-0.1, -0.05) is 0 Å². The molecule has 0 aliphatic carbocycles. The highest BCUT2D eigenvalue weighted by Gasteiger charge is 2.18. The van der Waals surface area contributed by atoms with Gasteiger partial charge in [-0.3, -0.25) is 9.69 Å². The average molecular weight is 375 g/mol. The number of methoxy groups -OCH3 is 1. The van der Waals surface area contributed by atoms with E-state index in [0.29, 0.717) is 23.6 Å². The molecule has 0 unspecified atom stereocenters. The van der Waals surface area contributed by atoms with E-state index < -0.39 is 0 Å². The first-order valence-electron chi connectivity index (χ1n) is 8.97. The van der Waals surface area contributed by atoms with Gasteiger partial charge in [0.2, 0.25) is 0 Å². The van der Waals surface area contributed by atoms with Crippen molar-refractivity contribution in [2.24, 2.45) is 0 Å². The molecule has 6 heteroatoms. The lowest BCUT2D eigenvalue weighted by Gasteiger charge is -2.26. The standard InChI is InChI=1S/C20H26N2O3S/c1-14(2)25-18-12-16(24-3)4-5-17(18)20(23)21-8-10-22-9-6-19-15(13-22)7-11-26-19/h4-5,7,11-12,14H,6,8-10,13H2,1-3H3,(H,21,23). The van der Waals surface area contributed by atoms with Crippen molar-refractivity contribution in [2.75, 3.05) is 26.7 Å². The topological polar surface area (TPSA) is 50.8 Å². The Hall–Kier alpha value is -2.05. The fourth-order valence-corrected chi connectivity index (χ4v) is 3.98. The second-order valence-corrected chi connectivity index (χ2v) is 7.68. The van der Waals surface area contributed by atoms with Gasteiger partial charge in [0.1, 0.15) is 11.5 Å². The van der Waals surface area contributed by atoms with Crippen molar-refractivity contribution >= 4 is 17.2 Å². The summed E-state index contributed by atoms with van der Waals surface area (Å²) in [6.45, 7) is 7.36. The molecule has 0 spiro atoms. The van der Waals surface area contributed by atoms with Crippen molar-refractivity contribution < 1.29 is 14.3 Å². The Kier molecular flexibility index (Phi) is 6.16. The molecule has 1 aromatic carbocycles. The smallest absolute Gasteiger partial charge is 0.255 e. The van der Waals surface area contributed by atoms with Crippen LogP contribution >= 0.6 is 11.3 Å². The van der Waals surface area contributed by atoms with E-state index in [0.717, 1.165) is 26.1 Å². The van der Waals surface area contributed by atoms with Crippen molar-refractivity contribution in [3.05, 3.63) is 45.6 Å². The Morgan fingerprint density at radius 2 is 2.19 bits per heavy atom. The van der Waals surface area contributed by atoms with E-state index in [1.807, 2.05) is 25.2 Å². The minimum Gasteiger partial charge on any atom is -0.497 e. The first-order valence-corrected chi connectivity index (χ1v) is 9.85. The number of thiophene rings is 1. The first kappa shape index (κ1) is 18.7. The van der Waals surface area contributed by atoms with E-state index in [2.05, 4.69) is 21.7 Å². The molecule has 0 saturated heterocycles. The zero-order valence-corrected chi connectivity index (χ0v) is 16.4.